The third-order valence-corrected chi connectivity index (χ3v) is 6.47. The Morgan fingerprint density at radius 1 is 1.16 bits per heavy atom. The maximum Gasteiger partial charge on any atom is 0.348 e. The average Bonchev–Trinajstić information content (AvgIpc) is 3.18. The van der Waals surface area contributed by atoms with Gasteiger partial charge in [0.05, 0.1) is 12.6 Å². The molecule has 6 heteroatoms. The van der Waals surface area contributed by atoms with Crippen molar-refractivity contribution in [3.05, 3.63) is 64.1 Å². The zero-order valence-electron chi connectivity index (χ0n) is 18.1. The van der Waals surface area contributed by atoms with E-state index in [2.05, 4.69) is 39.8 Å². The van der Waals surface area contributed by atoms with Crippen LogP contribution in [-0.2, 0) is 6.54 Å². The van der Waals surface area contributed by atoms with E-state index in [4.69, 9.17) is 4.74 Å². The molecule has 2 aromatic carbocycles. The summed E-state index contributed by atoms with van der Waals surface area (Å²) in [6.07, 6.45) is 6.56. The van der Waals surface area contributed by atoms with E-state index in [1.165, 1.54) is 37.7 Å². The maximum atomic E-state index is 12.4. The van der Waals surface area contributed by atoms with Gasteiger partial charge in [0.1, 0.15) is 5.75 Å². The molecule has 1 saturated carbocycles. The van der Waals surface area contributed by atoms with Gasteiger partial charge >= 0.3 is 5.69 Å². The summed E-state index contributed by atoms with van der Waals surface area (Å²) in [5.41, 5.74) is 5.56. The number of nitrogens with one attached hydrogen (secondary N) is 2. The molecule has 0 unspecified atom stereocenters. The van der Waals surface area contributed by atoms with Gasteiger partial charge in [-0.05, 0) is 60.7 Å². The molecule has 0 amide bonds. The lowest BCUT2D eigenvalue weighted by atomic mass is 9.95. The molecule has 0 radical (unpaired) electrons. The number of hydrogen-bond donors (Lipinski definition) is 2. The van der Waals surface area contributed by atoms with E-state index in [0.717, 1.165) is 39.9 Å². The molecule has 1 aliphatic rings. The monoisotopic (exact) mass is 416 g/mol. The Morgan fingerprint density at radius 2 is 2.00 bits per heavy atom. The van der Waals surface area contributed by atoms with Crippen LogP contribution in [0.4, 0.5) is 0 Å². The molecule has 0 saturated heterocycles. The lowest BCUT2D eigenvalue weighted by Crippen LogP contribution is -2.30. The van der Waals surface area contributed by atoms with Gasteiger partial charge < -0.3 is 10.1 Å². The second-order valence-corrected chi connectivity index (χ2v) is 8.54. The number of fused-ring (bicyclic) bond motifs is 3. The predicted octanol–water partition coefficient (Wildman–Crippen LogP) is 4.58. The zero-order chi connectivity index (χ0) is 21.4. The van der Waals surface area contributed by atoms with Gasteiger partial charge in [0.2, 0.25) is 0 Å². The molecular formula is C25H28N4O2. The van der Waals surface area contributed by atoms with Crippen molar-refractivity contribution in [2.45, 2.75) is 51.6 Å². The number of benzene rings is 2. The summed E-state index contributed by atoms with van der Waals surface area (Å²) in [7, 11) is 1.69. The number of pyridine rings is 1. The molecule has 1 fully saturated rings. The minimum Gasteiger partial charge on any atom is -0.496 e. The summed E-state index contributed by atoms with van der Waals surface area (Å²) >= 11 is 0. The first kappa shape index (κ1) is 19.8. The normalized spacial score (nSPS) is 15.0. The Balaban J connectivity index is 1.56. The van der Waals surface area contributed by atoms with Gasteiger partial charge in [0.25, 0.3) is 0 Å². The van der Waals surface area contributed by atoms with Crippen LogP contribution in [0.5, 0.6) is 5.75 Å². The summed E-state index contributed by atoms with van der Waals surface area (Å²) in [6, 6.07) is 15.2. The van der Waals surface area contributed by atoms with Crippen LogP contribution in [-0.4, -0.2) is 27.7 Å². The van der Waals surface area contributed by atoms with Gasteiger partial charge in [-0.15, -0.1) is 0 Å². The van der Waals surface area contributed by atoms with Crippen molar-refractivity contribution >= 4 is 16.6 Å². The van der Waals surface area contributed by atoms with Crippen LogP contribution in [0.25, 0.3) is 27.7 Å². The molecule has 5 rings (SSSR count). The molecule has 0 aliphatic heterocycles. The molecule has 1 aliphatic carbocycles. The summed E-state index contributed by atoms with van der Waals surface area (Å²) < 4.78 is 7.38. The van der Waals surface area contributed by atoms with Crippen LogP contribution in [0.15, 0.2) is 47.3 Å². The second-order valence-electron chi connectivity index (χ2n) is 8.54. The number of methoxy groups -OCH3 is 1. The molecule has 4 aromatic rings. The number of ether oxygens (including phenoxy) is 1. The minimum absolute atomic E-state index is 0.235. The van der Waals surface area contributed by atoms with Crippen LogP contribution in [0.1, 0.15) is 43.2 Å². The number of hydrogen-bond acceptors (Lipinski definition) is 4. The van der Waals surface area contributed by atoms with Crippen LogP contribution in [0, 0.1) is 6.92 Å². The molecule has 31 heavy (non-hydrogen) atoms. The topological polar surface area (TPSA) is 71.4 Å². The molecule has 0 atom stereocenters. The standard InChI is InChI=1S/C25H28N4O2/c1-16-11-24-27-28-25(30)29(24)22-13-21(23(31-2)14-20(16)22)18-8-6-7-17(12-18)15-26-19-9-4-3-5-10-19/h6-8,11-14,19,26H,3-5,9-10,15H2,1-2H3,(H,28,30). The largest absolute Gasteiger partial charge is 0.496 e. The Labute approximate surface area is 181 Å². The molecule has 6 nitrogen and oxygen atoms in total. The lowest BCUT2D eigenvalue weighted by molar-refractivity contribution is 0.372. The third kappa shape index (κ3) is 3.72. The Bertz CT molecular complexity index is 1300. The number of nitrogens with zero attached hydrogens (tertiary/aromatic N) is 2. The van der Waals surface area contributed by atoms with Gasteiger partial charge in [-0.25, -0.2) is 14.3 Å². The minimum atomic E-state index is -0.235. The van der Waals surface area contributed by atoms with E-state index in [1.807, 2.05) is 25.1 Å². The Kier molecular flexibility index (Phi) is 5.24. The fourth-order valence-electron chi connectivity index (χ4n) is 4.79. The molecule has 0 spiro atoms. The third-order valence-electron chi connectivity index (χ3n) is 6.47. The van der Waals surface area contributed by atoms with Crippen LogP contribution in [0.2, 0.25) is 0 Å². The first-order valence-corrected chi connectivity index (χ1v) is 11.1. The summed E-state index contributed by atoms with van der Waals surface area (Å²) in [4.78, 5) is 12.4. The van der Waals surface area contributed by atoms with Crippen molar-refractivity contribution in [1.82, 2.24) is 19.9 Å². The van der Waals surface area contributed by atoms with Crippen molar-refractivity contribution in [3.63, 3.8) is 0 Å². The molecule has 160 valence electrons. The van der Waals surface area contributed by atoms with Crippen LogP contribution < -0.4 is 15.7 Å². The Hall–Kier alpha value is -3.12. The SMILES string of the molecule is COc1cc2c(C)cc3n[nH]c(=O)n3c2cc1-c1cccc(CNC2CCCCC2)c1. The van der Waals surface area contributed by atoms with E-state index in [9.17, 15) is 4.79 Å². The smallest absolute Gasteiger partial charge is 0.348 e. The van der Waals surface area contributed by atoms with Crippen molar-refractivity contribution in [1.29, 1.82) is 0 Å². The van der Waals surface area contributed by atoms with Gasteiger partial charge in [-0.2, -0.15) is 5.10 Å². The van der Waals surface area contributed by atoms with E-state index in [0.29, 0.717) is 11.7 Å². The number of H-pyrrole nitrogens is 1. The number of aryl methyl sites for hydroxylation is 1. The maximum absolute atomic E-state index is 12.4. The molecule has 0 bridgehead atoms. The number of aromatic nitrogens is 3. The van der Waals surface area contributed by atoms with Gasteiger partial charge in [-0.3, -0.25) is 0 Å². The fraction of sp³-hybridized carbons (Fsp3) is 0.360. The van der Waals surface area contributed by atoms with E-state index >= 15 is 0 Å². The Morgan fingerprint density at radius 3 is 2.81 bits per heavy atom. The summed E-state index contributed by atoms with van der Waals surface area (Å²) in [6.45, 7) is 2.89. The van der Waals surface area contributed by atoms with E-state index in [-0.39, 0.29) is 5.69 Å². The molecular weight excluding hydrogens is 388 g/mol. The van der Waals surface area contributed by atoms with Crippen molar-refractivity contribution in [3.8, 4) is 16.9 Å². The highest BCUT2D eigenvalue weighted by atomic mass is 16.5. The number of rotatable bonds is 5. The van der Waals surface area contributed by atoms with E-state index < -0.39 is 0 Å². The van der Waals surface area contributed by atoms with Crippen LogP contribution >= 0.6 is 0 Å². The van der Waals surface area contributed by atoms with Gasteiger partial charge in [-0.1, -0.05) is 37.5 Å². The fourth-order valence-corrected chi connectivity index (χ4v) is 4.79. The second kappa shape index (κ2) is 8.19. The van der Waals surface area contributed by atoms with Crippen molar-refractivity contribution in [2.75, 3.05) is 7.11 Å². The van der Waals surface area contributed by atoms with Crippen molar-refractivity contribution in [2.24, 2.45) is 0 Å². The highest BCUT2D eigenvalue weighted by molar-refractivity contribution is 5.92. The van der Waals surface area contributed by atoms with Crippen molar-refractivity contribution < 1.29 is 4.74 Å². The van der Waals surface area contributed by atoms with E-state index in [1.54, 1.807) is 11.5 Å². The predicted molar refractivity (Wildman–Crippen MR) is 124 cm³/mol. The lowest BCUT2D eigenvalue weighted by Gasteiger charge is -2.23. The number of aromatic amines is 1. The summed E-state index contributed by atoms with van der Waals surface area (Å²) in [5, 5.41) is 11.4. The van der Waals surface area contributed by atoms with Gasteiger partial charge in [0, 0.05) is 23.5 Å². The molecule has 2 aromatic heterocycles. The first-order chi connectivity index (χ1) is 15.1. The quantitative estimate of drug-likeness (QED) is 0.499. The zero-order valence-corrected chi connectivity index (χ0v) is 18.1. The van der Waals surface area contributed by atoms with Gasteiger partial charge in [0.15, 0.2) is 5.65 Å². The van der Waals surface area contributed by atoms with Crippen LogP contribution in [0.3, 0.4) is 0 Å². The summed E-state index contributed by atoms with van der Waals surface area (Å²) in [5.74, 6) is 0.795. The average molecular weight is 417 g/mol. The highest BCUT2D eigenvalue weighted by Crippen LogP contribution is 2.35. The first-order valence-electron chi connectivity index (χ1n) is 11.1. The molecule has 2 heterocycles. The highest BCUT2D eigenvalue weighted by Gasteiger charge is 2.15. The molecule has 2 N–H and O–H groups in total.